The van der Waals surface area contributed by atoms with E-state index >= 15 is 0 Å². The Hall–Kier alpha value is -3.50. The van der Waals surface area contributed by atoms with Crippen LogP contribution in [0.15, 0.2) is 0 Å². The van der Waals surface area contributed by atoms with E-state index in [2.05, 4.69) is 0 Å². The topological polar surface area (TPSA) is 450 Å². The van der Waals surface area contributed by atoms with Crippen molar-refractivity contribution in [1.82, 2.24) is 12.3 Å². The summed E-state index contributed by atoms with van der Waals surface area (Å²) >= 11 is 0. The molecule has 0 heterocycles. The molecule has 0 amide bonds. The predicted molar refractivity (Wildman–Crippen MR) is 62.7 cm³/mol. The second kappa shape index (κ2) is 49.5. The first-order valence-corrected chi connectivity index (χ1v) is 3.39. The summed E-state index contributed by atoms with van der Waals surface area (Å²) in [7, 11) is 0. The first-order valence-electron chi connectivity index (χ1n) is 3.39. The average molecular weight is 552 g/mol. The molecular formula is H12CeN8O18+3. The third-order valence-corrected chi connectivity index (χ3v) is 0. The molecule has 0 saturated heterocycles. The van der Waals surface area contributed by atoms with Gasteiger partial charge >= 0.3 is 41.7 Å². The van der Waals surface area contributed by atoms with Crippen LogP contribution in [0.4, 0.5) is 0 Å². The molecule has 0 atom stereocenters. The minimum Gasteiger partial charge on any atom is -0.344 e. The fourth-order valence-corrected chi connectivity index (χ4v) is 0. The Kier molecular flexibility index (Phi) is 104. The Labute approximate surface area is 176 Å². The van der Waals surface area contributed by atoms with Crippen LogP contribution in [0.5, 0.6) is 0 Å². The standard InChI is InChI=1S/Ce.6HNO3.2H3N/c;6*2-1(3)4;;/h;6*(H,2,3,4);2*1H3/q+3;;;;;;;;. The second-order valence-corrected chi connectivity index (χ2v) is 1.43. The molecule has 0 rings (SSSR count). The Morgan fingerprint density at radius 1 is 0.370 bits per heavy atom. The molecule has 161 valence electrons. The molecule has 0 aliphatic carbocycles. The average Bonchev–Trinajstić information content (AvgIpc) is 2.08. The summed E-state index contributed by atoms with van der Waals surface area (Å²) in [4.78, 5) is 50.2. The van der Waals surface area contributed by atoms with Crippen LogP contribution in [-0.2, 0) is 0 Å². The molecule has 0 aliphatic heterocycles. The van der Waals surface area contributed by atoms with E-state index in [-0.39, 0.29) is 54.0 Å². The SMILES string of the molecule is N.N.O=[N+]([O-])O.O=[N+]([O-])O.O=[N+]([O-])O.O=[N+]([O-])O.O=[N+]([O-])O.O=[N+]([O-])O.[Ce+3]. The Balaban J connectivity index is -0.0000000201. The maximum Gasteiger partial charge on any atom is 3.00 e. The first-order chi connectivity index (χ1) is 10.4. The fourth-order valence-electron chi connectivity index (χ4n) is 0. The van der Waals surface area contributed by atoms with Gasteiger partial charge in [-0.05, 0) is 0 Å². The van der Waals surface area contributed by atoms with E-state index in [1.54, 1.807) is 0 Å². The molecule has 0 fully saturated rings. The summed E-state index contributed by atoms with van der Waals surface area (Å²) in [5.41, 5.74) is 0. The number of hydrogen-bond donors (Lipinski definition) is 8. The van der Waals surface area contributed by atoms with E-state index in [0.717, 1.165) is 0 Å². The van der Waals surface area contributed by atoms with E-state index in [9.17, 15) is 0 Å². The van der Waals surface area contributed by atoms with Gasteiger partial charge in [0, 0.05) is 0 Å². The molecule has 27 heteroatoms. The van der Waals surface area contributed by atoms with Crippen molar-refractivity contribution < 1.29 is 104 Å². The summed E-state index contributed by atoms with van der Waals surface area (Å²) in [6.07, 6.45) is 0. The van der Waals surface area contributed by atoms with Gasteiger partial charge in [-0.3, -0.25) is 0 Å². The third kappa shape index (κ3) is 770. The van der Waals surface area contributed by atoms with Crippen molar-refractivity contribution >= 4 is 0 Å². The number of hydrogen-bond acceptors (Lipinski definition) is 14. The van der Waals surface area contributed by atoms with Crippen LogP contribution in [0.3, 0.4) is 0 Å². The second-order valence-electron chi connectivity index (χ2n) is 1.43. The molecule has 1 radical (unpaired) electrons. The zero-order chi connectivity index (χ0) is 21.5. The van der Waals surface area contributed by atoms with E-state index in [1.807, 2.05) is 0 Å². The summed E-state index contributed by atoms with van der Waals surface area (Å²) in [5.74, 6) is 0. The van der Waals surface area contributed by atoms with Crippen molar-refractivity contribution in [2.45, 2.75) is 0 Å². The van der Waals surface area contributed by atoms with Gasteiger partial charge < -0.3 is 43.5 Å². The number of rotatable bonds is 0. The minimum atomic E-state index is -1.50. The smallest absolute Gasteiger partial charge is 0.344 e. The van der Waals surface area contributed by atoms with E-state index in [4.69, 9.17) is 91.9 Å². The quantitative estimate of drug-likeness (QED) is 0.122. The summed E-state index contributed by atoms with van der Waals surface area (Å²) in [5, 5.41) is 81.8. The van der Waals surface area contributed by atoms with Gasteiger partial charge in [-0.2, -0.15) is 0 Å². The Morgan fingerprint density at radius 2 is 0.370 bits per heavy atom. The van der Waals surface area contributed by atoms with E-state index < -0.39 is 30.5 Å². The zero-order valence-corrected chi connectivity index (χ0v) is 15.3. The van der Waals surface area contributed by atoms with Crippen LogP contribution < -0.4 is 12.3 Å². The molecule has 0 saturated carbocycles. The molecule has 0 bridgehead atoms. The maximum atomic E-state index is 8.36. The molecule has 27 heavy (non-hydrogen) atoms. The van der Waals surface area contributed by atoms with Crippen molar-refractivity contribution in [1.29, 1.82) is 0 Å². The minimum absolute atomic E-state index is 0. The van der Waals surface area contributed by atoms with Gasteiger partial charge in [0.1, 0.15) is 0 Å². The summed E-state index contributed by atoms with van der Waals surface area (Å²) in [6, 6.07) is 0. The van der Waals surface area contributed by atoms with Crippen LogP contribution in [-0.4, -0.2) is 61.8 Å². The van der Waals surface area contributed by atoms with Crippen LogP contribution in [0.25, 0.3) is 0 Å². The van der Waals surface area contributed by atoms with Gasteiger partial charge in [-0.1, -0.05) is 0 Å². The Morgan fingerprint density at radius 3 is 0.370 bits per heavy atom. The third-order valence-electron chi connectivity index (χ3n) is 0. The Bertz CT molecular complexity index is 260. The van der Waals surface area contributed by atoms with Gasteiger partial charge in [-0.25, -0.2) is 0 Å². The summed E-state index contributed by atoms with van der Waals surface area (Å²) in [6.45, 7) is 0. The van der Waals surface area contributed by atoms with Crippen molar-refractivity contribution in [3.63, 3.8) is 0 Å². The van der Waals surface area contributed by atoms with Crippen molar-refractivity contribution in [2.75, 3.05) is 0 Å². The van der Waals surface area contributed by atoms with Gasteiger partial charge in [0.15, 0.2) is 0 Å². The fraction of sp³-hybridized carbons (Fsp3) is 0. The molecule has 26 nitrogen and oxygen atoms in total. The van der Waals surface area contributed by atoms with Crippen molar-refractivity contribution in [3.05, 3.63) is 60.7 Å². The maximum absolute atomic E-state index is 8.36. The molecular weight excluding hydrogens is 540 g/mol. The van der Waals surface area contributed by atoms with Gasteiger partial charge in [0.2, 0.25) is 0 Å². The van der Waals surface area contributed by atoms with E-state index in [0.29, 0.717) is 0 Å². The molecule has 0 spiro atoms. The molecule has 0 unspecified atom stereocenters. The number of nitrogens with zero attached hydrogens (tertiary/aromatic N) is 6. The molecule has 0 aromatic carbocycles. The van der Waals surface area contributed by atoms with Crippen LogP contribution in [0.1, 0.15) is 0 Å². The van der Waals surface area contributed by atoms with E-state index in [1.165, 1.54) is 0 Å². The van der Waals surface area contributed by atoms with Crippen LogP contribution in [0.2, 0.25) is 0 Å². The molecule has 12 N–H and O–H groups in total. The first kappa shape index (κ1) is 56.6. The van der Waals surface area contributed by atoms with Crippen molar-refractivity contribution in [3.8, 4) is 0 Å². The largest absolute Gasteiger partial charge is 3.00 e. The monoisotopic (exact) mass is 552 g/mol. The molecule has 0 aromatic heterocycles. The van der Waals surface area contributed by atoms with Crippen molar-refractivity contribution in [2.24, 2.45) is 0 Å². The molecule has 0 aromatic rings. The summed E-state index contributed by atoms with van der Waals surface area (Å²) < 4.78 is 0. The van der Waals surface area contributed by atoms with Gasteiger partial charge in [0.25, 0.3) is 30.5 Å². The molecule has 0 aliphatic rings. The van der Waals surface area contributed by atoms with Gasteiger partial charge in [-0.15, -0.1) is 60.7 Å². The van der Waals surface area contributed by atoms with Crippen LogP contribution in [0, 0.1) is 102 Å². The normalized spacial score (nSPS) is 5.33. The van der Waals surface area contributed by atoms with Crippen LogP contribution >= 0.6 is 0 Å². The predicted octanol–water partition coefficient (Wildman–Crippen LogP) is -1.76. The zero-order valence-electron chi connectivity index (χ0n) is 12.2. The van der Waals surface area contributed by atoms with Gasteiger partial charge in [0.05, 0.1) is 0 Å².